The zero-order valence-corrected chi connectivity index (χ0v) is 10.4. The summed E-state index contributed by atoms with van der Waals surface area (Å²) < 4.78 is 2.67. The molecular weight excluding hydrogens is 270 g/mol. The van der Waals surface area contributed by atoms with Gasteiger partial charge in [-0.15, -0.1) is 0 Å². The van der Waals surface area contributed by atoms with E-state index >= 15 is 0 Å². The molecule has 0 aliphatic rings. The number of nitrogens with two attached hydrogens (primary N) is 1. The number of aromatic nitrogens is 3. The van der Waals surface area contributed by atoms with Crippen molar-refractivity contribution < 1.29 is 0 Å². The van der Waals surface area contributed by atoms with E-state index in [1.165, 1.54) is 0 Å². The van der Waals surface area contributed by atoms with Gasteiger partial charge in [0, 0.05) is 13.2 Å². The predicted octanol–water partition coefficient (Wildman–Crippen LogP) is 1.77. The first kappa shape index (κ1) is 10.9. The predicted molar refractivity (Wildman–Crippen MR) is 66.9 cm³/mol. The van der Waals surface area contributed by atoms with E-state index in [-0.39, 0.29) is 0 Å². The lowest BCUT2D eigenvalue weighted by molar-refractivity contribution is 0.720. The van der Waals surface area contributed by atoms with Gasteiger partial charge in [-0.3, -0.25) is 4.68 Å². The largest absolute Gasteiger partial charge is 0.397 e. The van der Waals surface area contributed by atoms with E-state index in [9.17, 15) is 0 Å². The van der Waals surface area contributed by atoms with Gasteiger partial charge in [-0.2, -0.15) is 5.10 Å². The molecular formula is C10H12BrN5. The molecule has 0 atom stereocenters. The molecule has 0 saturated heterocycles. The SMILES string of the molecule is Cn1nccc1CNc1ncc(N)cc1Br. The number of halogens is 1. The molecule has 0 bridgehead atoms. The number of rotatable bonds is 3. The van der Waals surface area contributed by atoms with Gasteiger partial charge in [-0.1, -0.05) is 0 Å². The number of nitrogens with zero attached hydrogens (tertiary/aromatic N) is 3. The molecule has 3 N–H and O–H groups in total. The summed E-state index contributed by atoms with van der Waals surface area (Å²) in [6, 6.07) is 3.77. The molecule has 0 aliphatic heterocycles. The van der Waals surface area contributed by atoms with Crippen molar-refractivity contribution in [3.05, 3.63) is 34.7 Å². The summed E-state index contributed by atoms with van der Waals surface area (Å²) >= 11 is 3.40. The quantitative estimate of drug-likeness (QED) is 0.900. The molecule has 6 heteroatoms. The summed E-state index contributed by atoms with van der Waals surface area (Å²) in [5.41, 5.74) is 7.33. The first-order chi connectivity index (χ1) is 7.66. The molecule has 2 rings (SSSR count). The van der Waals surface area contributed by atoms with Crippen molar-refractivity contribution in [2.75, 3.05) is 11.1 Å². The number of nitrogens with one attached hydrogen (secondary N) is 1. The fraction of sp³-hybridized carbons (Fsp3) is 0.200. The summed E-state index contributed by atoms with van der Waals surface area (Å²) in [4.78, 5) is 4.19. The topological polar surface area (TPSA) is 68.8 Å². The number of pyridine rings is 1. The summed E-state index contributed by atoms with van der Waals surface area (Å²) in [6.45, 7) is 0.673. The Morgan fingerprint density at radius 2 is 2.38 bits per heavy atom. The minimum atomic E-state index is 0.637. The third kappa shape index (κ3) is 2.33. The average Bonchev–Trinajstić information content (AvgIpc) is 2.63. The molecule has 0 aliphatic carbocycles. The van der Waals surface area contributed by atoms with Crippen LogP contribution in [0.1, 0.15) is 5.69 Å². The third-order valence-electron chi connectivity index (χ3n) is 2.22. The summed E-state index contributed by atoms with van der Waals surface area (Å²) in [5.74, 6) is 0.774. The Hall–Kier alpha value is -1.56. The number of aryl methyl sites for hydroxylation is 1. The van der Waals surface area contributed by atoms with Gasteiger partial charge in [-0.05, 0) is 28.1 Å². The van der Waals surface area contributed by atoms with Gasteiger partial charge in [0.15, 0.2) is 0 Å². The maximum atomic E-state index is 5.61. The van der Waals surface area contributed by atoms with Crippen LogP contribution in [-0.2, 0) is 13.6 Å². The molecule has 0 aromatic carbocycles. The van der Waals surface area contributed by atoms with Gasteiger partial charge >= 0.3 is 0 Å². The van der Waals surface area contributed by atoms with Crippen molar-refractivity contribution in [3.63, 3.8) is 0 Å². The Labute approximate surface area is 102 Å². The second kappa shape index (κ2) is 4.52. The zero-order valence-electron chi connectivity index (χ0n) is 8.81. The first-order valence-electron chi connectivity index (χ1n) is 4.78. The molecule has 0 amide bonds. The van der Waals surface area contributed by atoms with Crippen LogP contribution in [0, 0.1) is 0 Å². The lowest BCUT2D eigenvalue weighted by atomic mass is 10.4. The van der Waals surface area contributed by atoms with Gasteiger partial charge < -0.3 is 11.1 Å². The number of nitrogen functional groups attached to an aromatic ring is 1. The standard InChI is InChI=1S/C10H12BrN5/c1-16-8(2-3-15-16)6-14-10-9(11)4-7(12)5-13-10/h2-5H,6,12H2,1H3,(H,13,14). The number of hydrogen-bond acceptors (Lipinski definition) is 4. The normalized spacial score (nSPS) is 10.4. The van der Waals surface area contributed by atoms with Crippen molar-refractivity contribution >= 4 is 27.4 Å². The van der Waals surface area contributed by atoms with Crippen LogP contribution in [0.2, 0.25) is 0 Å². The van der Waals surface area contributed by atoms with Gasteiger partial charge in [0.05, 0.1) is 28.6 Å². The van der Waals surface area contributed by atoms with Crippen LogP contribution < -0.4 is 11.1 Å². The average molecular weight is 282 g/mol. The minimum absolute atomic E-state index is 0.637. The molecule has 16 heavy (non-hydrogen) atoms. The molecule has 84 valence electrons. The summed E-state index contributed by atoms with van der Waals surface area (Å²) in [5, 5.41) is 7.30. The molecule has 0 fully saturated rings. The van der Waals surface area contributed by atoms with Crippen LogP contribution in [0.15, 0.2) is 29.0 Å². The van der Waals surface area contributed by atoms with Crippen LogP contribution in [0.25, 0.3) is 0 Å². The molecule has 2 aromatic heterocycles. The van der Waals surface area contributed by atoms with E-state index in [0.29, 0.717) is 12.2 Å². The highest BCUT2D eigenvalue weighted by atomic mass is 79.9. The zero-order chi connectivity index (χ0) is 11.5. The monoisotopic (exact) mass is 281 g/mol. The van der Waals surface area contributed by atoms with E-state index in [1.807, 2.05) is 23.9 Å². The Bertz CT molecular complexity index is 494. The number of hydrogen-bond donors (Lipinski definition) is 2. The summed E-state index contributed by atoms with van der Waals surface area (Å²) in [7, 11) is 1.91. The molecule has 2 heterocycles. The van der Waals surface area contributed by atoms with Gasteiger partial charge in [-0.25, -0.2) is 4.98 Å². The van der Waals surface area contributed by atoms with E-state index in [4.69, 9.17) is 5.73 Å². The molecule has 5 nitrogen and oxygen atoms in total. The van der Waals surface area contributed by atoms with Crippen molar-refractivity contribution in [2.24, 2.45) is 7.05 Å². The molecule has 0 spiro atoms. The van der Waals surface area contributed by atoms with E-state index in [2.05, 4.69) is 31.3 Å². The lowest BCUT2D eigenvalue weighted by Crippen LogP contribution is -2.07. The molecule has 2 aromatic rings. The second-order valence-corrected chi connectivity index (χ2v) is 4.25. The minimum Gasteiger partial charge on any atom is -0.397 e. The van der Waals surface area contributed by atoms with Gasteiger partial charge in [0.1, 0.15) is 5.82 Å². The maximum absolute atomic E-state index is 5.61. The second-order valence-electron chi connectivity index (χ2n) is 3.40. The summed E-state index contributed by atoms with van der Waals surface area (Å²) in [6.07, 6.45) is 3.39. The molecule has 0 radical (unpaired) electrons. The smallest absolute Gasteiger partial charge is 0.140 e. The van der Waals surface area contributed by atoms with E-state index < -0.39 is 0 Å². The molecule has 0 unspecified atom stereocenters. The van der Waals surface area contributed by atoms with Crippen LogP contribution in [0.4, 0.5) is 11.5 Å². The van der Waals surface area contributed by atoms with Crippen molar-refractivity contribution in [2.45, 2.75) is 6.54 Å². The van der Waals surface area contributed by atoms with Crippen LogP contribution in [0.5, 0.6) is 0 Å². The van der Waals surface area contributed by atoms with E-state index in [1.54, 1.807) is 12.4 Å². The maximum Gasteiger partial charge on any atom is 0.140 e. The van der Waals surface area contributed by atoms with Crippen LogP contribution in [0.3, 0.4) is 0 Å². The number of anilines is 2. The van der Waals surface area contributed by atoms with E-state index in [0.717, 1.165) is 16.0 Å². The lowest BCUT2D eigenvalue weighted by Gasteiger charge is -2.08. The van der Waals surface area contributed by atoms with Crippen molar-refractivity contribution in [1.82, 2.24) is 14.8 Å². The van der Waals surface area contributed by atoms with Crippen LogP contribution >= 0.6 is 15.9 Å². The van der Waals surface area contributed by atoms with Gasteiger partial charge in [0.2, 0.25) is 0 Å². The Balaban J connectivity index is 2.08. The van der Waals surface area contributed by atoms with Crippen LogP contribution in [-0.4, -0.2) is 14.8 Å². The first-order valence-corrected chi connectivity index (χ1v) is 5.58. The van der Waals surface area contributed by atoms with Crippen molar-refractivity contribution in [3.8, 4) is 0 Å². The molecule has 0 saturated carbocycles. The van der Waals surface area contributed by atoms with Gasteiger partial charge in [0.25, 0.3) is 0 Å². The fourth-order valence-electron chi connectivity index (χ4n) is 1.33. The highest BCUT2D eigenvalue weighted by molar-refractivity contribution is 9.10. The third-order valence-corrected chi connectivity index (χ3v) is 2.83. The Morgan fingerprint density at radius 1 is 1.56 bits per heavy atom. The fourth-order valence-corrected chi connectivity index (χ4v) is 1.84. The Morgan fingerprint density at radius 3 is 3.00 bits per heavy atom. The highest BCUT2D eigenvalue weighted by Gasteiger charge is 2.03. The van der Waals surface area contributed by atoms with Crippen molar-refractivity contribution in [1.29, 1.82) is 0 Å². The Kier molecular flexibility index (Phi) is 3.09. The highest BCUT2D eigenvalue weighted by Crippen LogP contribution is 2.22.